The number of carbonyl (C=O) groups is 1. The number of rotatable bonds is 9. The first-order chi connectivity index (χ1) is 15.7. The monoisotopic (exact) mass is 479 g/mol. The van der Waals surface area contributed by atoms with Crippen LogP contribution in [0, 0.1) is 17.0 Å². The van der Waals surface area contributed by atoms with Gasteiger partial charge in [-0.25, -0.2) is 4.98 Å². The number of thiazole rings is 1. The molecule has 3 rings (SSSR count). The predicted molar refractivity (Wildman–Crippen MR) is 118 cm³/mol. The van der Waals surface area contributed by atoms with E-state index in [1.54, 1.807) is 26.0 Å². The van der Waals surface area contributed by atoms with Crippen molar-refractivity contribution in [3.63, 3.8) is 0 Å². The summed E-state index contributed by atoms with van der Waals surface area (Å²) in [5, 5.41) is 14.3. The Balaban J connectivity index is 1.88. The van der Waals surface area contributed by atoms with Crippen molar-refractivity contribution >= 4 is 28.1 Å². The van der Waals surface area contributed by atoms with Crippen molar-refractivity contribution in [2.45, 2.75) is 20.5 Å². The molecule has 0 saturated heterocycles. The van der Waals surface area contributed by atoms with Gasteiger partial charge < -0.3 is 14.2 Å². The van der Waals surface area contributed by atoms with Crippen molar-refractivity contribution in [3.8, 4) is 28.5 Å². The van der Waals surface area contributed by atoms with Crippen LogP contribution in [0.1, 0.15) is 22.2 Å². The van der Waals surface area contributed by atoms with Crippen LogP contribution in [-0.2, 0) is 0 Å². The van der Waals surface area contributed by atoms with Crippen LogP contribution in [0.2, 0.25) is 0 Å². The molecule has 0 saturated carbocycles. The Morgan fingerprint density at radius 2 is 1.94 bits per heavy atom. The van der Waals surface area contributed by atoms with Crippen molar-refractivity contribution < 1.29 is 32.7 Å². The quantitative estimate of drug-likeness (QED) is 0.328. The highest BCUT2D eigenvalue weighted by Crippen LogP contribution is 2.36. The van der Waals surface area contributed by atoms with Crippen molar-refractivity contribution in [2.24, 2.45) is 0 Å². The van der Waals surface area contributed by atoms with Crippen LogP contribution in [0.15, 0.2) is 36.4 Å². The van der Waals surface area contributed by atoms with E-state index in [4.69, 9.17) is 9.47 Å². The molecule has 1 N–H and O–H groups in total. The molecule has 0 atom stereocenters. The highest BCUT2D eigenvalue weighted by atomic mass is 32.1. The molecule has 174 valence electrons. The van der Waals surface area contributed by atoms with Gasteiger partial charge in [-0.05, 0) is 38.1 Å². The fourth-order valence-electron chi connectivity index (χ4n) is 2.99. The molecule has 0 fully saturated rings. The molecule has 0 spiro atoms. The van der Waals surface area contributed by atoms with Gasteiger partial charge in [0.25, 0.3) is 11.6 Å². The van der Waals surface area contributed by atoms with Crippen LogP contribution >= 0.6 is 11.3 Å². The molecule has 2 aromatic carbocycles. The Bertz CT molecular complexity index is 1170. The number of methoxy groups -OCH3 is 1. The molecule has 1 heterocycles. The number of nitrogens with one attached hydrogen (secondary N) is 1. The van der Waals surface area contributed by atoms with E-state index < -0.39 is 23.1 Å². The summed E-state index contributed by atoms with van der Waals surface area (Å²) in [5.74, 6) is -0.414. The number of nitro groups is 1. The van der Waals surface area contributed by atoms with Crippen molar-refractivity contribution in [1.29, 1.82) is 0 Å². The fourth-order valence-corrected chi connectivity index (χ4v) is 3.82. The van der Waals surface area contributed by atoms with Gasteiger partial charge in [0.2, 0.25) is 0 Å². The minimum atomic E-state index is -2.93. The molecule has 0 aliphatic heterocycles. The second kappa shape index (κ2) is 10.2. The van der Waals surface area contributed by atoms with E-state index in [9.17, 15) is 23.7 Å². The molecule has 0 unspecified atom stereocenters. The highest BCUT2D eigenvalue weighted by molar-refractivity contribution is 7.16. The van der Waals surface area contributed by atoms with Gasteiger partial charge in [-0.3, -0.25) is 20.2 Å². The van der Waals surface area contributed by atoms with E-state index in [1.807, 2.05) is 0 Å². The number of alkyl halides is 2. The summed E-state index contributed by atoms with van der Waals surface area (Å²) < 4.78 is 39.5. The summed E-state index contributed by atoms with van der Waals surface area (Å²) in [6, 6.07) is 8.27. The average molecular weight is 479 g/mol. The maximum absolute atomic E-state index is 12.9. The van der Waals surface area contributed by atoms with E-state index >= 15 is 0 Å². The summed E-state index contributed by atoms with van der Waals surface area (Å²) >= 11 is 1.16. The molecule has 0 aliphatic rings. The molecule has 9 nitrogen and oxygen atoms in total. The third kappa shape index (κ3) is 5.52. The number of ether oxygens (including phenoxy) is 3. The lowest BCUT2D eigenvalue weighted by molar-refractivity contribution is -0.385. The maximum Gasteiger partial charge on any atom is 0.387 e. The third-order valence-corrected chi connectivity index (χ3v) is 5.28. The normalized spacial score (nSPS) is 10.7. The van der Waals surface area contributed by atoms with Crippen LogP contribution in [0.25, 0.3) is 11.3 Å². The Morgan fingerprint density at radius 3 is 2.52 bits per heavy atom. The number of amides is 1. The minimum Gasteiger partial charge on any atom is -0.493 e. The SMILES string of the molecule is CCOc1cc(C(=O)Nc2nc(-c3ccc(OC(F)F)cc3)c(C)s2)c([N+](=O)[O-])cc1OC. The van der Waals surface area contributed by atoms with Gasteiger partial charge in [0.15, 0.2) is 16.6 Å². The summed E-state index contributed by atoms with van der Waals surface area (Å²) in [7, 11) is 1.34. The first-order valence-electron chi connectivity index (χ1n) is 9.56. The summed E-state index contributed by atoms with van der Waals surface area (Å²) in [4.78, 5) is 28.8. The standard InChI is InChI=1S/C21H19F2N3O6S/c1-4-31-17-9-14(15(26(28)29)10-16(17)30-3)19(27)25-21-24-18(11(2)33-21)12-5-7-13(8-6-12)32-20(22)23/h5-10,20H,4H2,1-3H3,(H,24,25,27). The second-order valence-corrected chi connectivity index (χ2v) is 7.69. The average Bonchev–Trinajstić information content (AvgIpc) is 3.13. The van der Waals surface area contributed by atoms with Crippen LogP contribution in [0.4, 0.5) is 19.6 Å². The van der Waals surface area contributed by atoms with E-state index in [1.165, 1.54) is 25.3 Å². The smallest absolute Gasteiger partial charge is 0.387 e. The second-order valence-electron chi connectivity index (χ2n) is 6.49. The number of nitrogens with zero attached hydrogens (tertiary/aromatic N) is 2. The Morgan fingerprint density at radius 1 is 1.24 bits per heavy atom. The molecule has 1 aromatic heterocycles. The first-order valence-corrected chi connectivity index (χ1v) is 10.4. The number of benzene rings is 2. The number of anilines is 1. The van der Waals surface area contributed by atoms with Crippen molar-refractivity contribution in [1.82, 2.24) is 4.98 Å². The summed E-state index contributed by atoms with van der Waals surface area (Å²) in [6.07, 6.45) is 0. The van der Waals surface area contributed by atoms with Gasteiger partial charge in [0.1, 0.15) is 11.3 Å². The molecule has 12 heteroatoms. The molecular weight excluding hydrogens is 460 g/mol. The van der Waals surface area contributed by atoms with Crippen molar-refractivity contribution in [2.75, 3.05) is 19.0 Å². The molecule has 0 radical (unpaired) electrons. The fraction of sp³-hybridized carbons (Fsp3) is 0.238. The molecule has 1 amide bonds. The van der Waals surface area contributed by atoms with Gasteiger partial charge in [-0.15, -0.1) is 11.3 Å². The lowest BCUT2D eigenvalue weighted by Gasteiger charge is -2.11. The van der Waals surface area contributed by atoms with Gasteiger partial charge in [-0.2, -0.15) is 8.78 Å². The molecule has 33 heavy (non-hydrogen) atoms. The number of hydrogen-bond acceptors (Lipinski definition) is 8. The van der Waals surface area contributed by atoms with Crippen molar-refractivity contribution in [3.05, 3.63) is 57.0 Å². The predicted octanol–water partition coefficient (Wildman–Crippen LogP) is 5.29. The number of aromatic nitrogens is 1. The Kier molecular flexibility index (Phi) is 7.38. The molecular formula is C21H19F2N3O6S. The first kappa shape index (κ1) is 23.9. The molecule has 0 aliphatic carbocycles. The number of carbonyl (C=O) groups excluding carboxylic acids is 1. The summed E-state index contributed by atoms with van der Waals surface area (Å²) in [6.45, 7) is 0.844. The number of halogens is 2. The van der Waals surface area contributed by atoms with E-state index in [2.05, 4.69) is 15.0 Å². The topological polar surface area (TPSA) is 113 Å². The van der Waals surface area contributed by atoms with Gasteiger partial charge in [0.05, 0.1) is 30.4 Å². The zero-order valence-electron chi connectivity index (χ0n) is 17.8. The van der Waals surface area contributed by atoms with E-state index in [-0.39, 0.29) is 34.6 Å². The van der Waals surface area contributed by atoms with Crippen LogP contribution < -0.4 is 19.5 Å². The summed E-state index contributed by atoms with van der Waals surface area (Å²) in [5.41, 5.74) is 0.487. The third-order valence-electron chi connectivity index (χ3n) is 4.39. The molecule has 0 bridgehead atoms. The van der Waals surface area contributed by atoms with Gasteiger partial charge in [0, 0.05) is 16.5 Å². The largest absolute Gasteiger partial charge is 0.493 e. The Labute approximate surface area is 191 Å². The van der Waals surface area contributed by atoms with Crippen LogP contribution in [-0.4, -0.2) is 36.1 Å². The zero-order chi connectivity index (χ0) is 24.1. The van der Waals surface area contributed by atoms with Crippen LogP contribution in [0.3, 0.4) is 0 Å². The molecule has 3 aromatic rings. The van der Waals surface area contributed by atoms with E-state index in [0.717, 1.165) is 22.3 Å². The van der Waals surface area contributed by atoms with E-state index in [0.29, 0.717) is 11.3 Å². The lowest BCUT2D eigenvalue weighted by Crippen LogP contribution is -2.14. The maximum atomic E-state index is 12.9. The highest BCUT2D eigenvalue weighted by Gasteiger charge is 2.26. The van der Waals surface area contributed by atoms with Crippen LogP contribution in [0.5, 0.6) is 17.2 Å². The lowest BCUT2D eigenvalue weighted by atomic mass is 10.1. The number of hydrogen-bond donors (Lipinski definition) is 1. The van der Waals surface area contributed by atoms with Gasteiger partial charge in [-0.1, -0.05) is 0 Å². The zero-order valence-corrected chi connectivity index (χ0v) is 18.6. The minimum absolute atomic E-state index is 0.00655. The number of nitro benzene ring substituents is 1. The number of aryl methyl sites for hydroxylation is 1. The van der Waals surface area contributed by atoms with Gasteiger partial charge >= 0.3 is 6.61 Å². The Hall–Kier alpha value is -3.80.